The zero-order valence-corrected chi connectivity index (χ0v) is 7.13. The monoisotopic (exact) mass is 158 g/mol. The van der Waals surface area contributed by atoms with Gasteiger partial charge in [-0.2, -0.15) is 4.99 Å². The Morgan fingerprint density at radius 1 is 1.64 bits per heavy atom. The molecule has 0 aromatic carbocycles. The Morgan fingerprint density at radius 3 is 2.55 bits per heavy atom. The number of hydrogen-bond acceptors (Lipinski definition) is 2. The van der Waals surface area contributed by atoms with Crippen molar-refractivity contribution in [1.82, 2.24) is 0 Å². The van der Waals surface area contributed by atoms with E-state index in [0.717, 1.165) is 0 Å². The minimum atomic E-state index is -0.636. The van der Waals surface area contributed by atoms with Crippen molar-refractivity contribution in [1.29, 1.82) is 0 Å². The molecule has 0 saturated heterocycles. The number of carbonyl (C=O) groups is 1. The Labute approximate surface area is 66.4 Å². The first-order valence-electron chi connectivity index (χ1n) is 3.47. The third-order valence-corrected chi connectivity index (χ3v) is 1.03. The minimum Gasteiger partial charge on any atom is -0.451 e. The number of nitrogens with two attached hydrogens (primary N) is 1. The van der Waals surface area contributed by atoms with E-state index in [2.05, 4.69) is 9.73 Å². The predicted octanol–water partition coefficient (Wildman–Crippen LogP) is 1.16. The van der Waals surface area contributed by atoms with E-state index in [1.165, 1.54) is 7.11 Å². The smallest absolute Gasteiger partial charge is 0.434 e. The normalized spacial score (nSPS) is 11.8. The molecule has 0 bridgehead atoms. The van der Waals surface area contributed by atoms with Gasteiger partial charge in [-0.25, -0.2) is 4.79 Å². The number of nitrogens with zero attached hydrogens (tertiary/aromatic N) is 1. The van der Waals surface area contributed by atoms with Crippen molar-refractivity contribution < 1.29 is 9.53 Å². The van der Waals surface area contributed by atoms with E-state index in [0.29, 0.717) is 18.2 Å². The molecule has 1 amide bonds. The van der Waals surface area contributed by atoms with Crippen LogP contribution in [0.1, 0.15) is 20.3 Å². The SMILES string of the molecule is COC(=O)/N=C(/N)CC(C)C. The summed E-state index contributed by atoms with van der Waals surface area (Å²) in [5.41, 5.74) is 5.40. The average Bonchev–Trinajstić information content (AvgIpc) is 1.85. The molecule has 0 atom stereocenters. The molecular formula is C7H14N2O2. The van der Waals surface area contributed by atoms with E-state index in [1.54, 1.807) is 0 Å². The third kappa shape index (κ3) is 5.39. The van der Waals surface area contributed by atoms with Crippen molar-refractivity contribution in [3.63, 3.8) is 0 Å². The Bertz CT molecular complexity index is 164. The Kier molecular flexibility index (Phi) is 4.26. The van der Waals surface area contributed by atoms with Gasteiger partial charge in [0.05, 0.1) is 7.11 Å². The highest BCUT2D eigenvalue weighted by Gasteiger charge is 2.01. The van der Waals surface area contributed by atoms with Crippen LogP contribution < -0.4 is 5.73 Å². The van der Waals surface area contributed by atoms with Gasteiger partial charge in [0.25, 0.3) is 0 Å². The third-order valence-electron chi connectivity index (χ3n) is 1.03. The molecule has 2 N–H and O–H groups in total. The van der Waals surface area contributed by atoms with Crippen LogP contribution in [0.25, 0.3) is 0 Å². The lowest BCUT2D eigenvalue weighted by molar-refractivity contribution is 0.182. The van der Waals surface area contributed by atoms with Gasteiger partial charge in [0.2, 0.25) is 0 Å². The van der Waals surface area contributed by atoms with Gasteiger partial charge in [0, 0.05) is 6.42 Å². The van der Waals surface area contributed by atoms with E-state index in [1.807, 2.05) is 13.8 Å². The van der Waals surface area contributed by atoms with Gasteiger partial charge in [0.15, 0.2) is 0 Å². The summed E-state index contributed by atoms with van der Waals surface area (Å²) in [6.45, 7) is 4.00. The topological polar surface area (TPSA) is 64.7 Å². The minimum absolute atomic E-state index is 0.326. The summed E-state index contributed by atoms with van der Waals surface area (Å²) >= 11 is 0. The van der Waals surface area contributed by atoms with E-state index in [9.17, 15) is 4.79 Å². The van der Waals surface area contributed by atoms with E-state index < -0.39 is 6.09 Å². The molecule has 0 fully saturated rings. The predicted molar refractivity (Wildman–Crippen MR) is 43.5 cm³/mol. The van der Waals surface area contributed by atoms with E-state index in [4.69, 9.17) is 5.73 Å². The molecule has 4 nitrogen and oxygen atoms in total. The second-order valence-corrected chi connectivity index (χ2v) is 2.67. The summed E-state index contributed by atoms with van der Waals surface area (Å²) in [7, 11) is 1.27. The fourth-order valence-corrected chi connectivity index (χ4v) is 0.627. The molecule has 4 heteroatoms. The number of methoxy groups -OCH3 is 1. The van der Waals surface area contributed by atoms with Crippen molar-refractivity contribution in [3.8, 4) is 0 Å². The van der Waals surface area contributed by atoms with Crippen molar-refractivity contribution in [2.24, 2.45) is 16.6 Å². The maximum Gasteiger partial charge on any atom is 0.434 e. The fraction of sp³-hybridized carbons (Fsp3) is 0.714. The molecular weight excluding hydrogens is 144 g/mol. The Morgan fingerprint density at radius 2 is 2.18 bits per heavy atom. The first kappa shape index (κ1) is 9.94. The van der Waals surface area contributed by atoms with Crippen molar-refractivity contribution in [2.45, 2.75) is 20.3 Å². The first-order valence-corrected chi connectivity index (χ1v) is 3.47. The molecule has 64 valence electrons. The molecule has 0 aliphatic heterocycles. The van der Waals surface area contributed by atoms with Gasteiger partial charge in [-0.1, -0.05) is 13.8 Å². The van der Waals surface area contributed by atoms with Crippen LogP contribution in [0.4, 0.5) is 4.79 Å². The molecule has 0 saturated carbocycles. The first-order chi connectivity index (χ1) is 5.06. The second-order valence-electron chi connectivity index (χ2n) is 2.67. The van der Waals surface area contributed by atoms with Crippen LogP contribution in [-0.2, 0) is 4.74 Å². The van der Waals surface area contributed by atoms with Crippen molar-refractivity contribution in [2.75, 3.05) is 7.11 Å². The zero-order valence-electron chi connectivity index (χ0n) is 7.13. The van der Waals surface area contributed by atoms with Crippen molar-refractivity contribution in [3.05, 3.63) is 0 Å². The summed E-state index contributed by atoms with van der Waals surface area (Å²) in [4.78, 5) is 14.0. The Hall–Kier alpha value is -1.06. The molecule has 11 heavy (non-hydrogen) atoms. The lowest BCUT2D eigenvalue weighted by Crippen LogP contribution is -2.16. The fourth-order valence-electron chi connectivity index (χ4n) is 0.627. The molecule has 0 aliphatic rings. The zero-order chi connectivity index (χ0) is 8.85. The van der Waals surface area contributed by atoms with Crippen LogP contribution in [0.5, 0.6) is 0 Å². The van der Waals surface area contributed by atoms with Gasteiger partial charge >= 0.3 is 6.09 Å². The maximum atomic E-state index is 10.5. The summed E-state index contributed by atoms with van der Waals surface area (Å²) in [5, 5.41) is 0. The number of aliphatic imine (C=N–C) groups is 1. The van der Waals surface area contributed by atoms with Gasteiger partial charge in [-0.15, -0.1) is 0 Å². The summed E-state index contributed by atoms with van der Waals surface area (Å²) in [5.74, 6) is 0.732. The Balaban J connectivity index is 3.90. The quantitative estimate of drug-likeness (QED) is 0.484. The molecule has 0 spiro atoms. The maximum absolute atomic E-state index is 10.5. The highest BCUT2D eigenvalue weighted by molar-refractivity contribution is 5.90. The average molecular weight is 158 g/mol. The number of carbonyl (C=O) groups excluding carboxylic acids is 1. The number of ether oxygens (including phenoxy) is 1. The summed E-state index contributed by atoms with van der Waals surface area (Å²) in [6, 6.07) is 0. The number of amides is 1. The van der Waals surface area contributed by atoms with E-state index >= 15 is 0 Å². The summed E-state index contributed by atoms with van der Waals surface area (Å²) in [6.07, 6.45) is -0.0158. The molecule has 0 aromatic heterocycles. The molecule has 0 aliphatic carbocycles. The van der Waals surface area contributed by atoms with Gasteiger partial charge in [-0.3, -0.25) is 0 Å². The lowest BCUT2D eigenvalue weighted by Gasteiger charge is -2.01. The molecule has 0 radical (unpaired) electrons. The number of hydrogen-bond donors (Lipinski definition) is 1. The number of rotatable bonds is 2. The largest absolute Gasteiger partial charge is 0.451 e. The van der Waals surface area contributed by atoms with Gasteiger partial charge < -0.3 is 10.5 Å². The van der Waals surface area contributed by atoms with Crippen LogP contribution in [0.3, 0.4) is 0 Å². The standard InChI is InChI=1S/C7H14N2O2/c1-5(2)4-6(8)9-7(10)11-3/h5H,4H2,1-3H3,(H2,8,9,10). The van der Waals surface area contributed by atoms with Gasteiger partial charge in [-0.05, 0) is 5.92 Å². The molecule has 0 unspecified atom stereocenters. The molecule has 0 aromatic rings. The van der Waals surface area contributed by atoms with Crippen LogP contribution >= 0.6 is 0 Å². The second kappa shape index (κ2) is 4.71. The highest BCUT2D eigenvalue weighted by atomic mass is 16.5. The number of amidine groups is 1. The lowest BCUT2D eigenvalue weighted by atomic mass is 10.1. The van der Waals surface area contributed by atoms with Gasteiger partial charge in [0.1, 0.15) is 5.84 Å². The summed E-state index contributed by atoms with van der Waals surface area (Å²) < 4.78 is 4.30. The highest BCUT2D eigenvalue weighted by Crippen LogP contribution is 1.98. The van der Waals surface area contributed by atoms with Crippen LogP contribution in [0, 0.1) is 5.92 Å². The van der Waals surface area contributed by atoms with Crippen LogP contribution in [0.2, 0.25) is 0 Å². The van der Waals surface area contributed by atoms with Crippen molar-refractivity contribution >= 4 is 11.9 Å². The van der Waals surface area contributed by atoms with Crippen LogP contribution in [-0.4, -0.2) is 19.0 Å². The molecule has 0 rings (SSSR count). The van der Waals surface area contributed by atoms with Crippen LogP contribution in [0.15, 0.2) is 4.99 Å². The van der Waals surface area contributed by atoms with E-state index in [-0.39, 0.29) is 0 Å². The molecule has 0 heterocycles.